The first-order valence-electron chi connectivity index (χ1n) is 15.3. The van der Waals surface area contributed by atoms with Crippen LogP contribution < -0.4 is 11.1 Å². The second-order valence-corrected chi connectivity index (χ2v) is 13.9. The molecule has 45 heavy (non-hydrogen) atoms. The van der Waals surface area contributed by atoms with Crippen molar-refractivity contribution in [3.63, 3.8) is 0 Å². The number of pyridine rings is 2. The van der Waals surface area contributed by atoms with Gasteiger partial charge >= 0.3 is 0 Å². The molecule has 2 aromatic heterocycles. The monoisotopic (exact) mass is 779 g/mol. The van der Waals surface area contributed by atoms with E-state index in [0.717, 1.165) is 11.3 Å². The Balaban J connectivity index is 0.000000190. The molecule has 0 aliphatic carbocycles. The van der Waals surface area contributed by atoms with Crippen LogP contribution in [0.3, 0.4) is 0 Å². The van der Waals surface area contributed by atoms with Crippen molar-refractivity contribution in [1.82, 2.24) is 9.97 Å². The molecule has 0 saturated heterocycles. The fourth-order valence-corrected chi connectivity index (χ4v) is 8.73. The topological polar surface area (TPSA) is 25.8 Å². The summed E-state index contributed by atoms with van der Waals surface area (Å²) in [5.41, 5.74) is 11.2. The minimum atomic E-state index is 0. The van der Waals surface area contributed by atoms with Gasteiger partial charge in [0.1, 0.15) is 0 Å². The summed E-state index contributed by atoms with van der Waals surface area (Å²) < 4.78 is 0. The zero-order chi connectivity index (χ0) is 30.4. The van der Waals surface area contributed by atoms with Crippen LogP contribution in [0.4, 0.5) is 0 Å². The van der Waals surface area contributed by atoms with E-state index < -0.39 is 0 Å². The third kappa shape index (κ3) is 5.83. The fraction of sp³-hybridized carbons (Fsp3) is 0.200. The number of nitrogens with zero attached hydrogens (tertiary/aromatic N) is 2. The van der Waals surface area contributed by atoms with Crippen LogP contribution in [-0.2, 0) is 25.5 Å². The minimum absolute atomic E-state index is 0. The molecule has 6 aromatic rings. The molecular formula is C40H35BIrN2S-2. The molecule has 8 rings (SSSR count). The molecule has 0 spiro atoms. The Labute approximate surface area is 285 Å². The van der Waals surface area contributed by atoms with Gasteiger partial charge in [0.25, 0.3) is 0 Å². The molecule has 2 atom stereocenters. The molecule has 2 aliphatic rings. The van der Waals surface area contributed by atoms with E-state index in [0.29, 0.717) is 11.1 Å². The van der Waals surface area contributed by atoms with Crippen molar-refractivity contribution in [3.8, 4) is 11.3 Å². The van der Waals surface area contributed by atoms with E-state index >= 15 is 0 Å². The Morgan fingerprint density at radius 2 is 1.56 bits per heavy atom. The molecule has 225 valence electrons. The molecule has 1 radical (unpaired) electrons. The van der Waals surface area contributed by atoms with Gasteiger partial charge in [-0.05, 0) is 64.9 Å². The standard InChI is InChI=1S/C26H21BNS.C14H14N.Ir/c1-26(2)20-12-6-7-13-21(20)27(23-15-17-9-3-4-10-18(17)16-28-23)25-24(26)19-11-5-8-14-22(19)29-25;1-10-4-6-13(7-5-10)14-8-11(2)12(3)9-15-14;/h3-12,14-16,24-25H,1-2H3;4-6,8-9H,1-3H3;/q2*-1;. The fourth-order valence-electron chi connectivity index (χ4n) is 6.92. The van der Waals surface area contributed by atoms with Crippen molar-refractivity contribution in [3.05, 3.63) is 149 Å². The van der Waals surface area contributed by atoms with Gasteiger partial charge < -0.3 is 4.98 Å². The number of hydrogen-bond donors (Lipinski definition) is 0. The van der Waals surface area contributed by atoms with Gasteiger partial charge in [0.15, 0.2) is 0 Å². The first kappa shape index (κ1) is 31.5. The summed E-state index contributed by atoms with van der Waals surface area (Å²) in [5.74, 6) is 0.463. The largest absolute Gasteiger partial charge is 0.304 e. The van der Waals surface area contributed by atoms with Gasteiger partial charge in [0.05, 0.1) is 0 Å². The maximum Gasteiger partial charge on any atom is 0.222 e. The molecule has 5 heteroatoms. The summed E-state index contributed by atoms with van der Waals surface area (Å²) in [5, 5.41) is 2.89. The molecule has 0 amide bonds. The van der Waals surface area contributed by atoms with E-state index in [1.165, 1.54) is 54.5 Å². The molecule has 2 nitrogen and oxygen atoms in total. The van der Waals surface area contributed by atoms with E-state index in [1.54, 1.807) is 0 Å². The summed E-state index contributed by atoms with van der Waals surface area (Å²) in [6.45, 7) is 11.3. The van der Waals surface area contributed by atoms with Crippen LogP contribution in [0, 0.1) is 32.9 Å². The van der Waals surface area contributed by atoms with Crippen molar-refractivity contribution >= 4 is 40.3 Å². The van der Waals surface area contributed by atoms with Crippen LogP contribution in [0.15, 0.2) is 114 Å². The number of benzene rings is 4. The molecule has 0 fully saturated rings. The summed E-state index contributed by atoms with van der Waals surface area (Å²) in [6, 6.07) is 41.4. The van der Waals surface area contributed by atoms with E-state index in [4.69, 9.17) is 4.98 Å². The number of hydrogen-bond acceptors (Lipinski definition) is 3. The smallest absolute Gasteiger partial charge is 0.222 e. The SMILES string of the molecule is CC1(C)c2ccc[c-]c2B(c2cc3ccccc3cn2)C2Sc3ccccc3C21.Cc1c[c-]c(-c2cc(C)c(C)cn2)cc1.[Ir]. The van der Waals surface area contributed by atoms with Crippen LogP contribution in [0.2, 0.25) is 0 Å². The number of fused-ring (bicyclic) bond motifs is 5. The number of thioether (sulfide) groups is 1. The Morgan fingerprint density at radius 3 is 2.33 bits per heavy atom. The van der Waals surface area contributed by atoms with Gasteiger partial charge in [-0.3, -0.25) is 4.98 Å². The number of aromatic nitrogens is 2. The Bertz CT molecular complexity index is 1990. The second kappa shape index (κ2) is 12.7. The van der Waals surface area contributed by atoms with Crippen LogP contribution >= 0.6 is 11.8 Å². The summed E-state index contributed by atoms with van der Waals surface area (Å²) in [6.07, 6.45) is 3.95. The third-order valence-electron chi connectivity index (χ3n) is 9.43. The molecule has 4 heterocycles. The molecule has 0 bridgehead atoms. The van der Waals surface area contributed by atoms with Crippen LogP contribution in [0.5, 0.6) is 0 Å². The zero-order valence-electron chi connectivity index (χ0n) is 26.3. The Kier molecular flexibility index (Phi) is 8.90. The van der Waals surface area contributed by atoms with Gasteiger partial charge in [-0.2, -0.15) is 35.3 Å². The number of aryl methyl sites for hydroxylation is 3. The number of rotatable bonds is 2. The molecular weight excluding hydrogens is 744 g/mol. The van der Waals surface area contributed by atoms with Gasteiger partial charge in [-0.1, -0.05) is 74.9 Å². The zero-order valence-corrected chi connectivity index (χ0v) is 29.5. The van der Waals surface area contributed by atoms with Crippen molar-refractivity contribution in [2.75, 3.05) is 0 Å². The molecule has 0 saturated carbocycles. The summed E-state index contributed by atoms with van der Waals surface area (Å²) in [4.78, 5) is 10.8. The average molecular weight is 779 g/mol. The molecule has 2 aliphatic heterocycles. The van der Waals surface area contributed by atoms with E-state index in [1.807, 2.05) is 30.2 Å². The molecule has 2 unspecified atom stereocenters. The summed E-state index contributed by atoms with van der Waals surface area (Å²) in [7, 11) is 0. The first-order valence-corrected chi connectivity index (χ1v) is 16.2. The van der Waals surface area contributed by atoms with Gasteiger partial charge in [-0.25, -0.2) is 0 Å². The quantitative estimate of drug-likeness (QED) is 0.131. The van der Waals surface area contributed by atoms with Crippen LogP contribution in [-0.4, -0.2) is 21.8 Å². The van der Waals surface area contributed by atoms with Crippen molar-refractivity contribution in [1.29, 1.82) is 0 Å². The maximum absolute atomic E-state index is 4.97. The van der Waals surface area contributed by atoms with Crippen LogP contribution in [0.1, 0.15) is 47.6 Å². The van der Waals surface area contributed by atoms with E-state index in [-0.39, 0.29) is 32.2 Å². The predicted molar refractivity (Wildman–Crippen MR) is 187 cm³/mol. The molecule has 0 N–H and O–H groups in total. The minimum Gasteiger partial charge on any atom is -0.304 e. The second-order valence-electron chi connectivity index (χ2n) is 12.7. The third-order valence-corrected chi connectivity index (χ3v) is 10.9. The van der Waals surface area contributed by atoms with Crippen molar-refractivity contribution in [2.24, 2.45) is 0 Å². The van der Waals surface area contributed by atoms with Gasteiger partial charge in [-0.15, -0.1) is 47.2 Å². The Hall–Kier alpha value is -3.50. The van der Waals surface area contributed by atoms with E-state index in [9.17, 15) is 0 Å². The predicted octanol–water partition coefficient (Wildman–Crippen LogP) is 8.20. The maximum atomic E-state index is 4.97. The molecule has 4 aromatic carbocycles. The first-order chi connectivity index (χ1) is 21.3. The summed E-state index contributed by atoms with van der Waals surface area (Å²) >= 11 is 2.03. The van der Waals surface area contributed by atoms with Gasteiger partial charge in [0, 0.05) is 48.1 Å². The van der Waals surface area contributed by atoms with Crippen molar-refractivity contribution in [2.45, 2.75) is 56.0 Å². The van der Waals surface area contributed by atoms with Gasteiger partial charge in [0.2, 0.25) is 6.71 Å². The average Bonchev–Trinajstić information content (AvgIpc) is 3.44. The van der Waals surface area contributed by atoms with Crippen LogP contribution in [0.25, 0.3) is 22.0 Å². The Morgan fingerprint density at radius 1 is 0.778 bits per heavy atom. The van der Waals surface area contributed by atoms with E-state index in [2.05, 4.69) is 143 Å². The normalized spacial score (nSPS) is 17.3. The van der Waals surface area contributed by atoms with Crippen molar-refractivity contribution < 1.29 is 20.1 Å².